The van der Waals surface area contributed by atoms with Gasteiger partial charge in [0.1, 0.15) is 11.5 Å². The normalized spacial score (nSPS) is 20.6. The molecule has 0 radical (unpaired) electrons. The van der Waals surface area contributed by atoms with Crippen LogP contribution in [-0.2, 0) is 14.3 Å². The fourth-order valence-corrected chi connectivity index (χ4v) is 3.33. The number of aryl methyl sites for hydroxylation is 1. The number of aliphatic carboxylic acids is 1. The van der Waals surface area contributed by atoms with Gasteiger partial charge in [-0.1, -0.05) is 31.5 Å². The summed E-state index contributed by atoms with van der Waals surface area (Å²) in [4.78, 5) is 38.7. The quantitative estimate of drug-likeness (QED) is 0.755. The molecule has 7 heteroatoms. The van der Waals surface area contributed by atoms with Gasteiger partial charge in [0, 0.05) is 25.8 Å². The average molecular weight is 376 g/mol. The van der Waals surface area contributed by atoms with Crippen molar-refractivity contribution in [2.24, 2.45) is 11.3 Å². The molecule has 2 rings (SSSR count). The summed E-state index contributed by atoms with van der Waals surface area (Å²) in [6.07, 6.45) is 0.332. The largest absolute Gasteiger partial charge is 0.481 e. The van der Waals surface area contributed by atoms with E-state index in [9.17, 15) is 19.5 Å². The second-order valence-corrected chi connectivity index (χ2v) is 7.59. The summed E-state index contributed by atoms with van der Waals surface area (Å²) in [5.74, 6) is -1.68. The summed E-state index contributed by atoms with van der Waals surface area (Å²) in [5, 5.41) is 12.4. The van der Waals surface area contributed by atoms with Gasteiger partial charge in [0.05, 0.1) is 6.61 Å². The Morgan fingerprint density at radius 1 is 1.26 bits per heavy atom. The summed E-state index contributed by atoms with van der Waals surface area (Å²) < 4.78 is 5.07. The molecule has 1 heterocycles. The number of carboxylic acid groups (broad SMARTS) is 1. The average Bonchev–Trinajstić information content (AvgIpc) is 3.05. The maximum Gasteiger partial charge on any atom is 0.313 e. The molecule has 0 aliphatic carbocycles. The number of carbonyl (C=O) groups excluding carboxylic acids is 2. The second-order valence-electron chi connectivity index (χ2n) is 7.59. The molecule has 0 saturated carbocycles. The second kappa shape index (κ2) is 8.52. The predicted octanol–water partition coefficient (Wildman–Crippen LogP) is 1.70. The SMILES string of the molecule is COCC1(C(=O)O)CCN(C(=O)C(NC(=O)c2ccc(C)cc2)C(C)C)C1. The molecule has 1 fully saturated rings. The van der Waals surface area contributed by atoms with Gasteiger partial charge in [-0.25, -0.2) is 0 Å². The molecular formula is C20H28N2O5. The van der Waals surface area contributed by atoms with Crippen molar-refractivity contribution < 1.29 is 24.2 Å². The molecule has 0 spiro atoms. The van der Waals surface area contributed by atoms with Crippen molar-refractivity contribution in [3.05, 3.63) is 35.4 Å². The summed E-state index contributed by atoms with van der Waals surface area (Å²) in [5.41, 5.74) is 0.440. The lowest BCUT2D eigenvalue weighted by Crippen LogP contribution is -2.51. The number of methoxy groups -OCH3 is 1. The molecule has 7 nitrogen and oxygen atoms in total. The number of hydrogen-bond donors (Lipinski definition) is 2. The van der Waals surface area contributed by atoms with Crippen molar-refractivity contribution >= 4 is 17.8 Å². The molecule has 1 aliphatic heterocycles. The minimum Gasteiger partial charge on any atom is -0.481 e. The zero-order valence-corrected chi connectivity index (χ0v) is 16.3. The van der Waals surface area contributed by atoms with Crippen molar-refractivity contribution in [1.82, 2.24) is 10.2 Å². The highest BCUT2D eigenvalue weighted by molar-refractivity contribution is 5.97. The molecular weight excluding hydrogens is 348 g/mol. The first-order valence-electron chi connectivity index (χ1n) is 9.09. The lowest BCUT2D eigenvalue weighted by Gasteiger charge is -2.28. The maximum absolute atomic E-state index is 13.0. The van der Waals surface area contributed by atoms with E-state index in [1.54, 1.807) is 12.1 Å². The van der Waals surface area contributed by atoms with Crippen LogP contribution in [0.25, 0.3) is 0 Å². The number of carboxylic acids is 1. The maximum atomic E-state index is 13.0. The third-order valence-electron chi connectivity index (χ3n) is 5.07. The first-order chi connectivity index (χ1) is 12.7. The molecule has 148 valence electrons. The number of nitrogens with zero attached hydrogens (tertiary/aromatic N) is 1. The van der Waals surface area contributed by atoms with Crippen LogP contribution in [0.4, 0.5) is 0 Å². The van der Waals surface area contributed by atoms with Crippen molar-refractivity contribution in [2.75, 3.05) is 26.8 Å². The number of hydrogen-bond acceptors (Lipinski definition) is 4. The number of amides is 2. The Balaban J connectivity index is 2.12. The molecule has 2 amide bonds. The monoisotopic (exact) mass is 376 g/mol. The molecule has 2 unspecified atom stereocenters. The number of rotatable bonds is 7. The van der Waals surface area contributed by atoms with E-state index in [0.717, 1.165) is 5.56 Å². The highest BCUT2D eigenvalue weighted by atomic mass is 16.5. The minimum atomic E-state index is -1.09. The molecule has 1 aromatic rings. The molecule has 27 heavy (non-hydrogen) atoms. The third-order valence-corrected chi connectivity index (χ3v) is 5.07. The first-order valence-corrected chi connectivity index (χ1v) is 9.09. The van der Waals surface area contributed by atoms with Crippen LogP contribution in [0.15, 0.2) is 24.3 Å². The summed E-state index contributed by atoms with van der Waals surface area (Å²) in [7, 11) is 1.45. The minimum absolute atomic E-state index is 0.0498. The van der Waals surface area contributed by atoms with Gasteiger partial charge in [-0.15, -0.1) is 0 Å². The molecule has 0 aromatic heterocycles. The van der Waals surface area contributed by atoms with Gasteiger partial charge >= 0.3 is 5.97 Å². The molecule has 1 aliphatic rings. The Labute approximate surface area is 159 Å². The molecule has 2 atom stereocenters. The Bertz CT molecular complexity index is 701. The number of likely N-dealkylation sites (tertiary alicyclic amines) is 1. The smallest absolute Gasteiger partial charge is 0.313 e. The Morgan fingerprint density at radius 3 is 2.41 bits per heavy atom. The highest BCUT2D eigenvalue weighted by Crippen LogP contribution is 2.32. The van der Waals surface area contributed by atoms with E-state index in [-0.39, 0.29) is 30.9 Å². The molecule has 2 N–H and O–H groups in total. The zero-order valence-electron chi connectivity index (χ0n) is 16.3. The molecule has 0 bridgehead atoms. The van der Waals surface area contributed by atoms with E-state index < -0.39 is 17.4 Å². The Kier molecular flexibility index (Phi) is 6.59. The Morgan fingerprint density at radius 2 is 1.89 bits per heavy atom. The van der Waals surface area contributed by atoms with E-state index in [1.165, 1.54) is 12.0 Å². The topological polar surface area (TPSA) is 95.9 Å². The number of benzene rings is 1. The fourth-order valence-electron chi connectivity index (χ4n) is 3.33. The standard InChI is InChI=1S/C20H28N2O5/c1-13(2)16(21-17(23)15-7-5-14(3)6-8-15)18(24)22-10-9-20(11-22,12-27-4)19(25)26/h5-8,13,16H,9-12H2,1-4H3,(H,21,23)(H,25,26). The third kappa shape index (κ3) is 4.66. The van der Waals surface area contributed by atoms with Crippen LogP contribution in [0.5, 0.6) is 0 Å². The number of nitrogens with one attached hydrogen (secondary N) is 1. The van der Waals surface area contributed by atoms with Crippen LogP contribution in [0.3, 0.4) is 0 Å². The van der Waals surface area contributed by atoms with Gasteiger partial charge in [0.2, 0.25) is 5.91 Å². The van der Waals surface area contributed by atoms with Crippen molar-refractivity contribution in [1.29, 1.82) is 0 Å². The van der Waals surface area contributed by atoms with Gasteiger partial charge in [-0.05, 0) is 31.4 Å². The van der Waals surface area contributed by atoms with Crippen LogP contribution < -0.4 is 5.32 Å². The predicted molar refractivity (Wildman–Crippen MR) is 100 cm³/mol. The van der Waals surface area contributed by atoms with E-state index in [4.69, 9.17) is 4.74 Å². The fraction of sp³-hybridized carbons (Fsp3) is 0.550. The van der Waals surface area contributed by atoms with Gasteiger partial charge < -0.3 is 20.1 Å². The van der Waals surface area contributed by atoms with Crippen LogP contribution in [0.2, 0.25) is 0 Å². The van der Waals surface area contributed by atoms with Gasteiger partial charge in [-0.2, -0.15) is 0 Å². The zero-order chi connectivity index (χ0) is 20.2. The van der Waals surface area contributed by atoms with Crippen LogP contribution >= 0.6 is 0 Å². The van der Waals surface area contributed by atoms with E-state index >= 15 is 0 Å². The molecule has 1 aromatic carbocycles. The van der Waals surface area contributed by atoms with Crippen molar-refractivity contribution in [3.63, 3.8) is 0 Å². The lowest BCUT2D eigenvalue weighted by molar-refractivity contribution is -0.151. The lowest BCUT2D eigenvalue weighted by atomic mass is 9.88. The first kappa shape index (κ1) is 20.9. The van der Waals surface area contributed by atoms with Crippen LogP contribution in [-0.4, -0.2) is 60.6 Å². The van der Waals surface area contributed by atoms with Crippen molar-refractivity contribution in [2.45, 2.75) is 33.2 Å². The summed E-state index contributed by atoms with van der Waals surface area (Å²) in [6, 6.07) is 6.40. The van der Waals surface area contributed by atoms with Crippen molar-refractivity contribution in [3.8, 4) is 0 Å². The van der Waals surface area contributed by atoms with E-state index in [0.29, 0.717) is 18.5 Å². The highest BCUT2D eigenvalue weighted by Gasteiger charge is 2.47. The Hall–Kier alpha value is -2.41. The summed E-state index contributed by atoms with van der Waals surface area (Å²) >= 11 is 0. The summed E-state index contributed by atoms with van der Waals surface area (Å²) in [6.45, 7) is 6.11. The van der Waals surface area contributed by atoms with E-state index in [1.807, 2.05) is 32.9 Å². The number of carbonyl (C=O) groups is 3. The number of ether oxygens (including phenoxy) is 1. The van der Waals surface area contributed by atoms with E-state index in [2.05, 4.69) is 5.32 Å². The van der Waals surface area contributed by atoms with Gasteiger partial charge in [0.15, 0.2) is 0 Å². The van der Waals surface area contributed by atoms with Crippen LogP contribution in [0.1, 0.15) is 36.2 Å². The van der Waals surface area contributed by atoms with Gasteiger partial charge in [0.25, 0.3) is 5.91 Å². The molecule has 1 saturated heterocycles. The van der Waals surface area contributed by atoms with Gasteiger partial charge in [-0.3, -0.25) is 14.4 Å². The van der Waals surface area contributed by atoms with Crippen LogP contribution in [0, 0.1) is 18.3 Å².